The number of hydrogen-bond donors (Lipinski definition) is 0. The fourth-order valence-electron chi connectivity index (χ4n) is 5.63. The Hall–Kier alpha value is -4.58. The van der Waals surface area contributed by atoms with Gasteiger partial charge in [0, 0.05) is 24.5 Å². The minimum absolute atomic E-state index is 0.313. The Bertz CT molecular complexity index is 1430. The van der Waals surface area contributed by atoms with Crippen LogP contribution >= 0.6 is 0 Å². The van der Waals surface area contributed by atoms with Gasteiger partial charge < -0.3 is 19.3 Å². The Morgan fingerprint density at radius 2 is 0.974 bits per heavy atom. The lowest BCUT2D eigenvalue weighted by atomic mass is 9.95. The summed E-state index contributed by atoms with van der Waals surface area (Å²) in [4.78, 5) is 28.3. The van der Waals surface area contributed by atoms with Gasteiger partial charge in [0.1, 0.15) is 0 Å². The number of anilines is 2. The van der Waals surface area contributed by atoms with Crippen LogP contribution in [-0.4, -0.2) is 32.8 Å². The van der Waals surface area contributed by atoms with E-state index < -0.39 is 0 Å². The smallest absolute Gasteiger partial charge is 0.337 e. The number of hydrogen-bond acceptors (Lipinski definition) is 6. The minimum atomic E-state index is -0.313. The number of carbonyl (C=O) groups excluding carboxylic acids is 2. The number of benzene rings is 4. The highest BCUT2D eigenvalue weighted by Gasteiger charge is 2.29. The number of methoxy groups -OCH3 is 2. The van der Waals surface area contributed by atoms with Crippen molar-refractivity contribution in [2.75, 3.05) is 30.7 Å². The first-order chi connectivity index (χ1) is 19.0. The van der Waals surface area contributed by atoms with Crippen LogP contribution in [0.3, 0.4) is 0 Å². The molecular weight excluding hydrogens is 488 g/mol. The van der Waals surface area contributed by atoms with Crippen molar-refractivity contribution in [3.05, 3.63) is 129 Å². The summed E-state index contributed by atoms with van der Waals surface area (Å²) in [5.74, 6) is -0.627. The zero-order valence-electron chi connectivity index (χ0n) is 22.1. The number of fused-ring (bicyclic) bond motifs is 6. The fourth-order valence-corrected chi connectivity index (χ4v) is 5.63. The van der Waals surface area contributed by atoms with Crippen molar-refractivity contribution in [1.29, 1.82) is 0 Å². The van der Waals surface area contributed by atoms with E-state index in [4.69, 9.17) is 9.47 Å². The molecular formula is C33H30N2O4. The van der Waals surface area contributed by atoms with E-state index in [0.29, 0.717) is 11.1 Å². The normalized spacial score (nSPS) is 13.4. The Morgan fingerprint density at radius 3 is 1.36 bits per heavy atom. The number of esters is 2. The predicted molar refractivity (Wildman–Crippen MR) is 151 cm³/mol. The average molecular weight is 519 g/mol. The van der Waals surface area contributed by atoms with Crippen molar-refractivity contribution in [3.8, 4) is 0 Å². The molecule has 2 heterocycles. The van der Waals surface area contributed by atoms with Crippen LogP contribution in [0.25, 0.3) is 0 Å². The lowest BCUT2D eigenvalue weighted by Gasteiger charge is -2.45. The second kappa shape index (κ2) is 10.3. The standard InChI is InChI=1S/C33H30N2O4/c1-38-32(36)26-9-3-22(4-10-26)15-24-7-13-30-28(17-24)19-34-21-35(30)20-29-18-25(8-14-31(29)34)16-23-5-11-27(12-6-23)33(37)39-2/h3-14,17-18H,15-16,19-21H2,1-2H3. The monoisotopic (exact) mass is 518 g/mol. The summed E-state index contributed by atoms with van der Waals surface area (Å²) in [6, 6.07) is 28.8. The Morgan fingerprint density at radius 1 is 0.590 bits per heavy atom. The third-order valence-electron chi connectivity index (χ3n) is 7.60. The number of carbonyl (C=O) groups is 2. The molecule has 0 radical (unpaired) electrons. The fraction of sp³-hybridized carbons (Fsp3) is 0.212. The average Bonchev–Trinajstić information content (AvgIpc) is 2.97. The minimum Gasteiger partial charge on any atom is -0.465 e. The van der Waals surface area contributed by atoms with Gasteiger partial charge in [-0.25, -0.2) is 9.59 Å². The van der Waals surface area contributed by atoms with Gasteiger partial charge in [-0.05, 0) is 82.6 Å². The predicted octanol–water partition coefficient (Wildman–Crippen LogP) is 5.74. The van der Waals surface area contributed by atoms with E-state index in [-0.39, 0.29) is 11.9 Å². The molecule has 2 bridgehead atoms. The summed E-state index contributed by atoms with van der Waals surface area (Å²) in [5, 5.41) is 0. The number of nitrogens with zero attached hydrogens (tertiary/aromatic N) is 2. The molecule has 4 aromatic rings. The first-order valence-electron chi connectivity index (χ1n) is 13.1. The van der Waals surface area contributed by atoms with Crippen LogP contribution in [0.5, 0.6) is 0 Å². The second-order valence-electron chi connectivity index (χ2n) is 10.2. The SMILES string of the molecule is COC(=O)c1ccc(Cc2ccc3c(c2)CN2CN3Cc3cc(Cc4ccc(C(=O)OC)cc4)ccc32)cc1. The van der Waals surface area contributed by atoms with E-state index in [1.165, 1.54) is 47.8 Å². The van der Waals surface area contributed by atoms with Crippen molar-refractivity contribution in [3.63, 3.8) is 0 Å². The third-order valence-corrected chi connectivity index (χ3v) is 7.60. The molecule has 6 rings (SSSR count). The summed E-state index contributed by atoms with van der Waals surface area (Å²) in [6.07, 6.45) is 1.63. The van der Waals surface area contributed by atoms with Crippen molar-refractivity contribution in [2.24, 2.45) is 0 Å². The molecule has 6 nitrogen and oxygen atoms in total. The van der Waals surface area contributed by atoms with E-state index in [9.17, 15) is 9.59 Å². The zero-order chi connectivity index (χ0) is 26.9. The highest BCUT2D eigenvalue weighted by molar-refractivity contribution is 5.89. The molecule has 0 fully saturated rings. The Kier molecular flexibility index (Phi) is 6.53. The maximum absolute atomic E-state index is 11.7. The van der Waals surface area contributed by atoms with Gasteiger partial charge in [0.2, 0.25) is 0 Å². The summed E-state index contributed by atoms with van der Waals surface area (Å²) in [5.41, 5.74) is 11.3. The van der Waals surface area contributed by atoms with E-state index in [2.05, 4.69) is 46.2 Å². The molecule has 0 unspecified atom stereocenters. The molecule has 0 N–H and O–H groups in total. The molecule has 2 aliphatic rings. The lowest BCUT2D eigenvalue weighted by molar-refractivity contribution is 0.0592. The van der Waals surface area contributed by atoms with E-state index in [1.54, 1.807) is 0 Å². The van der Waals surface area contributed by atoms with Gasteiger partial charge in [-0.15, -0.1) is 0 Å². The van der Waals surface area contributed by atoms with Crippen molar-refractivity contribution in [1.82, 2.24) is 0 Å². The first-order valence-corrected chi connectivity index (χ1v) is 13.1. The highest BCUT2D eigenvalue weighted by Crippen LogP contribution is 2.39. The molecule has 0 saturated carbocycles. The van der Waals surface area contributed by atoms with Crippen molar-refractivity contribution in [2.45, 2.75) is 25.9 Å². The molecule has 196 valence electrons. The lowest BCUT2D eigenvalue weighted by Crippen LogP contribution is -2.46. The molecule has 0 aromatic heterocycles. The molecule has 0 aliphatic carbocycles. The first kappa shape index (κ1) is 24.7. The van der Waals surface area contributed by atoms with Crippen LogP contribution < -0.4 is 9.80 Å². The van der Waals surface area contributed by atoms with Crippen LogP contribution in [0.4, 0.5) is 11.4 Å². The maximum Gasteiger partial charge on any atom is 0.337 e. The molecule has 0 saturated heterocycles. The highest BCUT2D eigenvalue weighted by atomic mass is 16.5. The molecule has 0 atom stereocenters. The quantitative estimate of drug-likeness (QED) is 0.304. The maximum atomic E-state index is 11.7. The molecule has 39 heavy (non-hydrogen) atoms. The van der Waals surface area contributed by atoms with Crippen LogP contribution in [0, 0.1) is 0 Å². The van der Waals surface area contributed by atoms with Crippen LogP contribution in [0.15, 0.2) is 84.9 Å². The largest absolute Gasteiger partial charge is 0.465 e. The van der Waals surface area contributed by atoms with E-state index in [1.807, 2.05) is 48.5 Å². The number of ether oxygens (including phenoxy) is 2. The third kappa shape index (κ3) is 4.98. The van der Waals surface area contributed by atoms with E-state index >= 15 is 0 Å². The van der Waals surface area contributed by atoms with Gasteiger partial charge >= 0.3 is 11.9 Å². The van der Waals surface area contributed by atoms with Crippen LogP contribution in [0.1, 0.15) is 54.1 Å². The van der Waals surface area contributed by atoms with Gasteiger partial charge in [0.15, 0.2) is 0 Å². The Balaban J connectivity index is 1.17. The zero-order valence-corrected chi connectivity index (χ0v) is 22.1. The number of rotatable bonds is 6. The second-order valence-corrected chi connectivity index (χ2v) is 10.2. The van der Waals surface area contributed by atoms with E-state index in [0.717, 1.165) is 43.7 Å². The van der Waals surface area contributed by atoms with Gasteiger partial charge in [0.25, 0.3) is 0 Å². The summed E-state index contributed by atoms with van der Waals surface area (Å²) in [6.45, 7) is 2.65. The summed E-state index contributed by atoms with van der Waals surface area (Å²) < 4.78 is 9.61. The van der Waals surface area contributed by atoms with Crippen molar-refractivity contribution < 1.29 is 19.1 Å². The molecule has 6 heteroatoms. The molecule has 4 aromatic carbocycles. The molecule has 0 amide bonds. The Labute approximate surface area is 228 Å². The topological polar surface area (TPSA) is 59.1 Å². The van der Waals surface area contributed by atoms with Crippen molar-refractivity contribution >= 4 is 23.3 Å². The van der Waals surface area contributed by atoms with Gasteiger partial charge in [-0.1, -0.05) is 48.5 Å². The van der Waals surface area contributed by atoms with Crippen LogP contribution in [-0.2, 0) is 35.4 Å². The summed E-state index contributed by atoms with van der Waals surface area (Å²) >= 11 is 0. The molecule has 2 aliphatic heterocycles. The van der Waals surface area contributed by atoms with Gasteiger partial charge in [0.05, 0.1) is 32.0 Å². The summed E-state index contributed by atoms with van der Waals surface area (Å²) in [7, 11) is 2.80. The van der Waals surface area contributed by atoms with Crippen LogP contribution in [0.2, 0.25) is 0 Å². The molecule has 0 spiro atoms. The van der Waals surface area contributed by atoms with Gasteiger partial charge in [-0.2, -0.15) is 0 Å². The van der Waals surface area contributed by atoms with Gasteiger partial charge in [-0.3, -0.25) is 0 Å².